The number of benzene rings is 1. The van der Waals surface area contributed by atoms with Crippen molar-refractivity contribution in [2.45, 2.75) is 13.3 Å². The third-order valence-electron chi connectivity index (χ3n) is 2.69. The van der Waals surface area contributed by atoms with Crippen LogP contribution in [-0.2, 0) is 16.0 Å². The van der Waals surface area contributed by atoms with E-state index in [1.807, 2.05) is 38.2 Å². The summed E-state index contributed by atoms with van der Waals surface area (Å²) in [4.78, 5) is 11.8. The van der Waals surface area contributed by atoms with Crippen LogP contribution >= 0.6 is 0 Å². The second-order valence-corrected chi connectivity index (χ2v) is 4.06. The predicted molar refractivity (Wildman–Crippen MR) is 70.7 cm³/mol. The third-order valence-corrected chi connectivity index (χ3v) is 2.69. The van der Waals surface area contributed by atoms with Crippen molar-refractivity contribution in [2.24, 2.45) is 5.92 Å². The Labute approximate surface area is 108 Å². The number of carbonyl (C=O) groups is 1. The second-order valence-electron chi connectivity index (χ2n) is 4.06. The summed E-state index contributed by atoms with van der Waals surface area (Å²) in [6.45, 7) is 2.84. The highest BCUT2D eigenvalue weighted by Gasteiger charge is 2.19. The molecule has 0 aromatic heterocycles. The zero-order chi connectivity index (χ0) is 13.4. The lowest BCUT2D eigenvalue weighted by Crippen LogP contribution is -2.29. The van der Waals surface area contributed by atoms with Crippen LogP contribution in [0.5, 0.6) is 5.75 Å². The normalized spacial score (nSPS) is 11.9. The summed E-state index contributed by atoms with van der Waals surface area (Å²) < 4.78 is 10.2. The quantitative estimate of drug-likeness (QED) is 0.748. The zero-order valence-electron chi connectivity index (χ0n) is 11.2. The van der Waals surface area contributed by atoms with Crippen LogP contribution in [-0.4, -0.2) is 33.3 Å². The Hall–Kier alpha value is -1.55. The maximum atomic E-state index is 11.8. The molecule has 100 valence electrons. The molecule has 1 aromatic carbocycles. The Morgan fingerprint density at radius 2 is 2.22 bits per heavy atom. The first-order valence-corrected chi connectivity index (χ1v) is 6.15. The molecule has 1 rings (SSSR count). The number of ether oxygens (including phenoxy) is 2. The van der Waals surface area contributed by atoms with Crippen LogP contribution in [0, 0.1) is 5.92 Å². The summed E-state index contributed by atoms with van der Waals surface area (Å²) in [5, 5.41) is 3.02. The van der Waals surface area contributed by atoms with Gasteiger partial charge < -0.3 is 14.8 Å². The van der Waals surface area contributed by atoms with Crippen molar-refractivity contribution < 1.29 is 14.3 Å². The van der Waals surface area contributed by atoms with Crippen LogP contribution in [0.15, 0.2) is 24.3 Å². The molecule has 0 radical (unpaired) electrons. The van der Waals surface area contributed by atoms with Gasteiger partial charge in [-0.25, -0.2) is 0 Å². The van der Waals surface area contributed by atoms with Crippen molar-refractivity contribution in [3.05, 3.63) is 29.8 Å². The number of methoxy groups -OCH3 is 1. The number of rotatable bonds is 7. The van der Waals surface area contributed by atoms with E-state index in [4.69, 9.17) is 9.47 Å². The van der Waals surface area contributed by atoms with Gasteiger partial charge in [0, 0.05) is 6.54 Å². The van der Waals surface area contributed by atoms with Crippen LogP contribution in [0.25, 0.3) is 0 Å². The van der Waals surface area contributed by atoms with Gasteiger partial charge in [-0.2, -0.15) is 0 Å². The summed E-state index contributed by atoms with van der Waals surface area (Å²) in [6.07, 6.45) is 0.650. The fraction of sp³-hybridized carbons (Fsp3) is 0.500. The molecule has 0 spiro atoms. The highest BCUT2D eigenvalue weighted by molar-refractivity contribution is 5.73. The van der Waals surface area contributed by atoms with E-state index in [1.165, 1.54) is 0 Å². The van der Waals surface area contributed by atoms with Gasteiger partial charge in [0.1, 0.15) is 5.75 Å². The zero-order valence-corrected chi connectivity index (χ0v) is 11.2. The minimum Gasteiger partial charge on any atom is -0.497 e. The molecule has 0 fully saturated rings. The van der Waals surface area contributed by atoms with Crippen LogP contribution in [0.1, 0.15) is 12.5 Å². The monoisotopic (exact) mass is 251 g/mol. The lowest BCUT2D eigenvalue weighted by Gasteiger charge is -2.15. The number of hydrogen-bond donors (Lipinski definition) is 1. The molecule has 18 heavy (non-hydrogen) atoms. The number of esters is 1. The van der Waals surface area contributed by atoms with E-state index in [9.17, 15) is 4.79 Å². The molecule has 0 bridgehead atoms. The average molecular weight is 251 g/mol. The largest absolute Gasteiger partial charge is 0.497 e. The van der Waals surface area contributed by atoms with Crippen molar-refractivity contribution in [1.29, 1.82) is 0 Å². The van der Waals surface area contributed by atoms with Crippen LogP contribution < -0.4 is 10.1 Å². The van der Waals surface area contributed by atoms with Gasteiger partial charge in [0.25, 0.3) is 0 Å². The van der Waals surface area contributed by atoms with Crippen LogP contribution in [0.2, 0.25) is 0 Å². The maximum Gasteiger partial charge on any atom is 0.310 e. The van der Waals surface area contributed by atoms with Crippen LogP contribution in [0.3, 0.4) is 0 Å². The summed E-state index contributed by atoms with van der Waals surface area (Å²) in [7, 11) is 3.47. The van der Waals surface area contributed by atoms with E-state index in [0.29, 0.717) is 19.6 Å². The standard InChI is InChI=1S/C14H21NO3/c1-4-18-14(16)12(10-15-2)8-11-6-5-7-13(9-11)17-3/h5-7,9,12,15H,4,8,10H2,1-3H3. The van der Waals surface area contributed by atoms with Crippen molar-refractivity contribution in [3.8, 4) is 5.75 Å². The molecule has 0 aliphatic heterocycles. The molecule has 0 heterocycles. The lowest BCUT2D eigenvalue weighted by atomic mass is 9.99. The van der Waals surface area contributed by atoms with E-state index in [0.717, 1.165) is 11.3 Å². The van der Waals surface area contributed by atoms with E-state index in [1.54, 1.807) is 7.11 Å². The van der Waals surface area contributed by atoms with E-state index in [-0.39, 0.29) is 11.9 Å². The van der Waals surface area contributed by atoms with Crippen molar-refractivity contribution in [3.63, 3.8) is 0 Å². The summed E-state index contributed by atoms with van der Waals surface area (Å²) in [5.41, 5.74) is 1.07. The van der Waals surface area contributed by atoms with Crippen molar-refractivity contribution in [2.75, 3.05) is 27.3 Å². The van der Waals surface area contributed by atoms with Gasteiger partial charge in [0.15, 0.2) is 0 Å². The first-order chi connectivity index (χ1) is 8.71. The maximum absolute atomic E-state index is 11.8. The molecule has 0 saturated heterocycles. The molecule has 4 nitrogen and oxygen atoms in total. The molecule has 1 atom stereocenters. The Kier molecular flexibility index (Phi) is 6.22. The summed E-state index contributed by atoms with van der Waals surface area (Å²) >= 11 is 0. The number of hydrogen-bond acceptors (Lipinski definition) is 4. The SMILES string of the molecule is CCOC(=O)C(CNC)Cc1cccc(OC)c1. The van der Waals surface area contributed by atoms with E-state index < -0.39 is 0 Å². The molecule has 0 saturated carbocycles. The van der Waals surface area contributed by atoms with Crippen molar-refractivity contribution in [1.82, 2.24) is 5.32 Å². The molecule has 0 aliphatic rings. The smallest absolute Gasteiger partial charge is 0.310 e. The topological polar surface area (TPSA) is 47.6 Å². The highest BCUT2D eigenvalue weighted by atomic mass is 16.5. The molecule has 1 N–H and O–H groups in total. The fourth-order valence-electron chi connectivity index (χ4n) is 1.83. The van der Waals surface area contributed by atoms with Crippen LogP contribution in [0.4, 0.5) is 0 Å². The third kappa shape index (κ3) is 4.37. The minimum absolute atomic E-state index is 0.158. The fourth-order valence-corrected chi connectivity index (χ4v) is 1.83. The Bertz CT molecular complexity index is 379. The number of nitrogens with one attached hydrogen (secondary N) is 1. The average Bonchev–Trinajstić information content (AvgIpc) is 2.39. The Morgan fingerprint density at radius 1 is 1.44 bits per heavy atom. The van der Waals surface area contributed by atoms with Gasteiger partial charge in [-0.15, -0.1) is 0 Å². The predicted octanol–water partition coefficient (Wildman–Crippen LogP) is 1.64. The highest BCUT2D eigenvalue weighted by Crippen LogP contribution is 2.16. The van der Waals surface area contributed by atoms with Gasteiger partial charge in [-0.3, -0.25) is 4.79 Å². The first-order valence-electron chi connectivity index (χ1n) is 6.15. The number of carbonyl (C=O) groups excluding carboxylic acids is 1. The van der Waals surface area contributed by atoms with Crippen molar-refractivity contribution >= 4 is 5.97 Å². The Morgan fingerprint density at radius 3 is 2.83 bits per heavy atom. The summed E-state index contributed by atoms with van der Waals surface area (Å²) in [6, 6.07) is 7.75. The molecule has 0 aliphatic carbocycles. The van der Waals surface area contributed by atoms with Gasteiger partial charge in [0.2, 0.25) is 0 Å². The molecular weight excluding hydrogens is 230 g/mol. The molecule has 1 aromatic rings. The van der Waals surface area contributed by atoms with Gasteiger partial charge >= 0.3 is 5.97 Å². The second kappa shape index (κ2) is 7.71. The first kappa shape index (κ1) is 14.5. The molecular formula is C14H21NO3. The molecule has 1 unspecified atom stereocenters. The minimum atomic E-state index is -0.165. The van der Waals surface area contributed by atoms with E-state index in [2.05, 4.69) is 5.32 Å². The van der Waals surface area contributed by atoms with Gasteiger partial charge in [0.05, 0.1) is 19.6 Å². The van der Waals surface area contributed by atoms with Gasteiger partial charge in [-0.05, 0) is 38.1 Å². The van der Waals surface area contributed by atoms with Gasteiger partial charge in [-0.1, -0.05) is 12.1 Å². The van der Waals surface area contributed by atoms with E-state index >= 15 is 0 Å². The lowest BCUT2D eigenvalue weighted by molar-refractivity contribution is -0.147. The Balaban J connectivity index is 2.72. The molecule has 0 amide bonds. The summed E-state index contributed by atoms with van der Waals surface area (Å²) in [5.74, 6) is 0.483. The molecule has 4 heteroatoms.